The lowest BCUT2D eigenvalue weighted by molar-refractivity contribution is -0.583. The Morgan fingerprint density at radius 3 is 2.26 bits per heavy atom. The number of azo groups is 1. The maximum Gasteiger partial charge on any atom is 0.435 e. The van der Waals surface area contributed by atoms with Gasteiger partial charge in [-0.15, -0.1) is 0 Å². The van der Waals surface area contributed by atoms with Gasteiger partial charge in [0.1, 0.15) is 22.8 Å². The van der Waals surface area contributed by atoms with E-state index >= 15 is 0 Å². The van der Waals surface area contributed by atoms with Crippen LogP contribution in [-0.4, -0.2) is 29.7 Å². The molecule has 2 heterocycles. The van der Waals surface area contributed by atoms with E-state index in [0.717, 1.165) is 24.5 Å². The van der Waals surface area contributed by atoms with Crippen molar-refractivity contribution in [3.8, 4) is 17.1 Å². The van der Waals surface area contributed by atoms with Crippen LogP contribution in [0.15, 0.2) is 95.3 Å². The largest absolute Gasteiger partial charge is 0.494 e. The van der Waals surface area contributed by atoms with Gasteiger partial charge >= 0.3 is 11.8 Å². The molecule has 0 N–H and O–H groups in total. The zero-order valence-electron chi connectivity index (χ0n) is 19.3. The second kappa shape index (κ2) is 9.76. The maximum atomic E-state index is 12.0. The first kappa shape index (κ1) is 22.3. The number of aromatic nitrogens is 2. The van der Waals surface area contributed by atoms with Crippen LogP contribution in [0.2, 0.25) is 0 Å². The molecule has 0 aliphatic carbocycles. The molecule has 0 unspecified atom stereocenters. The Balaban J connectivity index is 1.64. The van der Waals surface area contributed by atoms with Crippen molar-refractivity contribution in [3.63, 3.8) is 0 Å². The first-order chi connectivity index (χ1) is 17.2. The van der Waals surface area contributed by atoms with Gasteiger partial charge in [0, 0.05) is 30.0 Å². The smallest absolute Gasteiger partial charge is 0.435 e. The number of imidazole rings is 1. The Kier molecular flexibility index (Phi) is 6.21. The number of hydrogen-bond acceptors (Lipinski definition) is 6. The number of nitrogens with zero attached hydrogens (tertiary/aromatic N) is 6. The molecule has 9 heteroatoms. The van der Waals surface area contributed by atoms with Crippen molar-refractivity contribution in [3.05, 3.63) is 95.2 Å². The molecule has 0 radical (unpaired) electrons. The summed E-state index contributed by atoms with van der Waals surface area (Å²) in [5.74, 6) is 0.766. The fourth-order valence-electron chi connectivity index (χ4n) is 4.29. The van der Waals surface area contributed by atoms with Gasteiger partial charge in [-0.2, -0.15) is 9.13 Å². The number of hydrogen-bond donors (Lipinski definition) is 0. The van der Waals surface area contributed by atoms with E-state index in [0.29, 0.717) is 23.1 Å². The molecule has 1 aromatic heterocycles. The Bertz CT molecular complexity index is 1360. The molecule has 35 heavy (non-hydrogen) atoms. The third-order valence-corrected chi connectivity index (χ3v) is 6.01. The summed E-state index contributed by atoms with van der Waals surface area (Å²) in [5, 5.41) is 21.0. The molecule has 1 aliphatic rings. The van der Waals surface area contributed by atoms with Crippen molar-refractivity contribution >= 4 is 23.1 Å². The number of methoxy groups -OCH3 is 1. The Labute approximate surface area is 202 Å². The number of rotatable bonds is 7. The van der Waals surface area contributed by atoms with E-state index in [4.69, 9.17) is 4.74 Å². The van der Waals surface area contributed by atoms with E-state index in [1.165, 1.54) is 23.6 Å². The van der Waals surface area contributed by atoms with Gasteiger partial charge in [0.25, 0.3) is 0 Å². The number of para-hydroxylation sites is 2. The molecule has 1 fully saturated rings. The third-order valence-electron chi connectivity index (χ3n) is 6.01. The number of anilines is 1. The summed E-state index contributed by atoms with van der Waals surface area (Å²) in [6.45, 7) is 2.05. The highest BCUT2D eigenvalue weighted by molar-refractivity contribution is 5.62. The molecular weight excluding hydrogens is 444 g/mol. The van der Waals surface area contributed by atoms with Crippen LogP contribution in [0.1, 0.15) is 12.8 Å². The Morgan fingerprint density at radius 2 is 1.60 bits per heavy atom. The molecule has 0 amide bonds. The minimum Gasteiger partial charge on any atom is -0.494 e. The number of benzene rings is 3. The lowest BCUT2D eigenvalue weighted by atomic mass is 10.2. The summed E-state index contributed by atoms with van der Waals surface area (Å²) in [4.78, 5) is 13.9. The van der Waals surface area contributed by atoms with Crippen molar-refractivity contribution in [2.45, 2.75) is 12.8 Å². The van der Waals surface area contributed by atoms with Crippen LogP contribution < -0.4 is 14.2 Å². The first-order valence-corrected chi connectivity index (χ1v) is 11.4. The second-order valence-corrected chi connectivity index (χ2v) is 8.17. The fraction of sp³-hybridized carbons (Fsp3) is 0.192. The van der Waals surface area contributed by atoms with Crippen LogP contribution in [0.3, 0.4) is 0 Å². The molecule has 0 saturated carbocycles. The summed E-state index contributed by atoms with van der Waals surface area (Å²) in [6, 6.07) is 24.3. The number of nitro groups is 1. The van der Waals surface area contributed by atoms with Crippen LogP contribution in [0.4, 0.5) is 23.1 Å². The summed E-state index contributed by atoms with van der Waals surface area (Å²) in [5.41, 5.74) is 2.97. The predicted molar refractivity (Wildman–Crippen MR) is 133 cm³/mol. The first-order valence-electron chi connectivity index (χ1n) is 11.4. The van der Waals surface area contributed by atoms with Crippen LogP contribution in [-0.2, 0) is 0 Å². The fourth-order valence-corrected chi connectivity index (χ4v) is 4.29. The highest BCUT2D eigenvalue weighted by Gasteiger charge is 2.30. The van der Waals surface area contributed by atoms with Gasteiger partial charge in [-0.3, -0.25) is 0 Å². The maximum absolute atomic E-state index is 12.0. The summed E-state index contributed by atoms with van der Waals surface area (Å²) in [6.07, 6.45) is 3.82. The van der Waals surface area contributed by atoms with Crippen molar-refractivity contribution in [1.82, 2.24) is 4.57 Å². The molecule has 176 valence electrons. The van der Waals surface area contributed by atoms with Gasteiger partial charge in [0.05, 0.1) is 7.11 Å². The lowest BCUT2D eigenvalue weighted by Crippen LogP contribution is -2.28. The van der Waals surface area contributed by atoms with Gasteiger partial charge in [0.2, 0.25) is 0 Å². The van der Waals surface area contributed by atoms with Gasteiger partial charge in [-0.25, -0.2) is 0 Å². The standard InChI is InChI=1S/C26H25N6O3/c1-35-24-18-22(29-16-8-9-17-29)14-15-23(24)27-28-26-30(20-10-4-2-5-11-20)19-25(32(33)34)31(26)21-12-6-3-7-13-21/h2-7,10-15,18-19H,8-9,16-17H2,1H3/q+1. The van der Waals surface area contributed by atoms with Crippen LogP contribution in [0.25, 0.3) is 11.4 Å². The Hall–Kier alpha value is -4.53. The molecular formula is C26H25N6O3+. The van der Waals surface area contributed by atoms with Crippen molar-refractivity contribution in [2.75, 3.05) is 25.1 Å². The van der Waals surface area contributed by atoms with Crippen LogP contribution >= 0.6 is 0 Å². The van der Waals surface area contributed by atoms with Gasteiger partial charge in [0.15, 0.2) is 6.20 Å². The molecule has 1 aliphatic heterocycles. The second-order valence-electron chi connectivity index (χ2n) is 8.17. The summed E-state index contributed by atoms with van der Waals surface area (Å²) < 4.78 is 8.76. The summed E-state index contributed by atoms with van der Waals surface area (Å²) >= 11 is 0. The SMILES string of the molecule is COc1cc(N2CCCC2)ccc1N=Nc1n(-c2ccccc2)c([N+](=O)[O-])c[n+]1-c1ccccc1. The zero-order valence-corrected chi connectivity index (χ0v) is 19.3. The van der Waals surface area contributed by atoms with E-state index in [1.807, 2.05) is 66.7 Å². The molecule has 0 bridgehead atoms. The van der Waals surface area contributed by atoms with E-state index in [-0.39, 0.29) is 5.82 Å². The lowest BCUT2D eigenvalue weighted by Gasteiger charge is -2.18. The zero-order chi connectivity index (χ0) is 24.2. The van der Waals surface area contributed by atoms with E-state index < -0.39 is 4.92 Å². The predicted octanol–water partition coefficient (Wildman–Crippen LogP) is 5.69. The minimum absolute atomic E-state index is 0.120. The van der Waals surface area contributed by atoms with E-state index in [9.17, 15) is 10.1 Å². The number of ether oxygens (including phenoxy) is 1. The normalized spacial score (nSPS) is 13.5. The average Bonchev–Trinajstić information content (AvgIpc) is 3.57. The van der Waals surface area contributed by atoms with Crippen molar-refractivity contribution in [1.29, 1.82) is 0 Å². The molecule has 5 rings (SSSR count). The van der Waals surface area contributed by atoms with Gasteiger partial charge in [-0.05, 0) is 54.2 Å². The molecule has 0 spiro atoms. The third kappa shape index (κ3) is 4.48. The molecule has 9 nitrogen and oxygen atoms in total. The van der Waals surface area contributed by atoms with Crippen LogP contribution in [0.5, 0.6) is 5.75 Å². The highest BCUT2D eigenvalue weighted by atomic mass is 16.6. The Morgan fingerprint density at radius 1 is 0.914 bits per heavy atom. The quantitative estimate of drug-likeness (QED) is 0.151. The van der Waals surface area contributed by atoms with Crippen molar-refractivity contribution < 1.29 is 14.2 Å². The molecule has 0 atom stereocenters. The molecule has 3 aromatic carbocycles. The van der Waals surface area contributed by atoms with Gasteiger partial charge in [-0.1, -0.05) is 41.5 Å². The minimum atomic E-state index is -0.420. The topological polar surface area (TPSA) is 89.1 Å². The van der Waals surface area contributed by atoms with Crippen LogP contribution in [0, 0.1) is 10.1 Å². The van der Waals surface area contributed by atoms with Crippen molar-refractivity contribution in [2.24, 2.45) is 10.2 Å². The highest BCUT2D eigenvalue weighted by Crippen LogP contribution is 2.35. The average molecular weight is 470 g/mol. The summed E-state index contributed by atoms with van der Waals surface area (Å²) in [7, 11) is 1.60. The van der Waals surface area contributed by atoms with E-state index in [2.05, 4.69) is 15.1 Å². The molecule has 1 saturated heterocycles. The van der Waals surface area contributed by atoms with Gasteiger partial charge < -0.3 is 19.8 Å². The molecule has 4 aromatic rings. The van der Waals surface area contributed by atoms with E-state index in [1.54, 1.807) is 23.8 Å². The monoisotopic (exact) mass is 469 g/mol.